The van der Waals surface area contributed by atoms with E-state index in [0.29, 0.717) is 0 Å². The number of rotatable bonds is 1. The van der Waals surface area contributed by atoms with Crippen molar-refractivity contribution in [3.63, 3.8) is 0 Å². The normalized spacial score (nSPS) is 20.3. The lowest BCUT2D eigenvalue weighted by Gasteiger charge is -2.14. The Balaban J connectivity index is 2.58. The molecular weight excluding hydrogens is 260 g/mol. The van der Waals surface area contributed by atoms with E-state index in [9.17, 15) is 24.3 Å². The molecule has 0 aromatic heterocycles. The summed E-state index contributed by atoms with van der Waals surface area (Å²) in [7, 11) is 0. The smallest absolute Gasteiger partial charge is 0.239 e. The van der Waals surface area contributed by atoms with E-state index in [-0.39, 0.29) is 5.57 Å². The Bertz CT molecular complexity index is 631. The van der Waals surface area contributed by atoms with E-state index in [2.05, 4.69) is 0 Å². The van der Waals surface area contributed by atoms with E-state index in [0.717, 1.165) is 24.3 Å². The molecule has 0 saturated carbocycles. The topological polar surface area (TPSA) is 88.5 Å². The van der Waals surface area contributed by atoms with Crippen LogP contribution in [0.1, 0.15) is 0 Å². The van der Waals surface area contributed by atoms with Gasteiger partial charge < -0.3 is 5.11 Å². The monoisotopic (exact) mass is 264 g/mol. The molecule has 2 rings (SSSR count). The largest absolute Gasteiger partial charge is 0.504 e. The number of halogens is 1. The highest BCUT2D eigenvalue weighted by molar-refractivity contribution is 6.49. The minimum atomic E-state index is -0.957. The summed E-state index contributed by atoms with van der Waals surface area (Å²) in [6.07, 6.45) is 3.69. The molecule has 0 amide bonds. The van der Waals surface area contributed by atoms with Crippen LogP contribution in [-0.4, -0.2) is 28.2 Å². The first kappa shape index (κ1) is 12.2. The van der Waals surface area contributed by atoms with Gasteiger partial charge in [0, 0.05) is 11.6 Å². The molecule has 2 aliphatic carbocycles. The molecule has 0 saturated heterocycles. The Morgan fingerprint density at radius 3 is 2.28 bits per heavy atom. The molecule has 18 heavy (non-hydrogen) atoms. The van der Waals surface area contributed by atoms with E-state index in [1.165, 1.54) is 0 Å². The van der Waals surface area contributed by atoms with Gasteiger partial charge in [-0.15, -0.1) is 0 Å². The maximum Gasteiger partial charge on any atom is 0.239 e. The van der Waals surface area contributed by atoms with Gasteiger partial charge in [0.1, 0.15) is 0 Å². The summed E-state index contributed by atoms with van der Waals surface area (Å²) in [5.41, 5.74) is -0.800. The third-order valence-corrected chi connectivity index (χ3v) is 2.67. The average molecular weight is 265 g/mol. The number of allylic oxidation sites excluding steroid dienone is 7. The quantitative estimate of drug-likeness (QED) is 0.705. The maximum absolute atomic E-state index is 11.7. The molecular formula is C12H5ClO5. The molecule has 1 N–H and O–H groups in total. The number of hydrogen-bond acceptors (Lipinski definition) is 5. The number of carbonyl (C=O) groups excluding carboxylic acids is 4. The first-order chi connectivity index (χ1) is 8.41. The maximum atomic E-state index is 11.7. The number of ketones is 4. The van der Waals surface area contributed by atoms with E-state index in [4.69, 9.17) is 11.6 Å². The minimum Gasteiger partial charge on any atom is -0.504 e. The molecule has 0 bridgehead atoms. The van der Waals surface area contributed by atoms with Gasteiger partial charge in [0.25, 0.3) is 0 Å². The van der Waals surface area contributed by atoms with Gasteiger partial charge in [-0.25, -0.2) is 0 Å². The summed E-state index contributed by atoms with van der Waals surface area (Å²) in [6, 6.07) is 0. The fourth-order valence-electron chi connectivity index (χ4n) is 1.56. The van der Waals surface area contributed by atoms with Crippen molar-refractivity contribution in [3.05, 3.63) is 46.2 Å². The highest BCUT2D eigenvalue weighted by atomic mass is 35.5. The zero-order chi connectivity index (χ0) is 13.4. The van der Waals surface area contributed by atoms with Crippen molar-refractivity contribution >= 4 is 34.7 Å². The third kappa shape index (κ3) is 1.84. The van der Waals surface area contributed by atoms with Gasteiger partial charge >= 0.3 is 0 Å². The summed E-state index contributed by atoms with van der Waals surface area (Å²) in [4.78, 5) is 45.8. The van der Waals surface area contributed by atoms with Crippen LogP contribution in [-0.2, 0) is 19.2 Å². The first-order valence-corrected chi connectivity index (χ1v) is 5.17. The molecule has 0 radical (unpaired) electrons. The van der Waals surface area contributed by atoms with Gasteiger partial charge in [-0.2, -0.15) is 0 Å². The van der Waals surface area contributed by atoms with Crippen molar-refractivity contribution in [2.24, 2.45) is 0 Å². The second-order valence-electron chi connectivity index (χ2n) is 3.57. The Morgan fingerprint density at radius 1 is 0.944 bits per heavy atom. The minimum absolute atomic E-state index is 0.307. The van der Waals surface area contributed by atoms with Crippen molar-refractivity contribution in [2.75, 3.05) is 0 Å². The van der Waals surface area contributed by atoms with Crippen LogP contribution in [0.5, 0.6) is 0 Å². The van der Waals surface area contributed by atoms with Crippen LogP contribution < -0.4 is 0 Å². The lowest BCUT2D eigenvalue weighted by atomic mass is 9.89. The van der Waals surface area contributed by atoms with Crippen LogP contribution >= 0.6 is 11.6 Å². The van der Waals surface area contributed by atoms with E-state index in [1.54, 1.807) is 0 Å². The molecule has 0 unspecified atom stereocenters. The van der Waals surface area contributed by atoms with E-state index < -0.39 is 39.5 Å². The molecule has 6 heteroatoms. The fourth-order valence-corrected chi connectivity index (χ4v) is 1.75. The molecule has 0 heterocycles. The Hall–Kier alpha value is -2.27. The van der Waals surface area contributed by atoms with Gasteiger partial charge in [0.05, 0.1) is 10.6 Å². The summed E-state index contributed by atoms with van der Waals surface area (Å²) in [6.45, 7) is 0. The van der Waals surface area contributed by atoms with Gasteiger partial charge in [0.15, 0.2) is 23.1 Å². The number of Topliss-reactive ketones (excluding diaryl/α,β-unsaturated/α-hetero) is 1. The predicted molar refractivity (Wildman–Crippen MR) is 60.8 cm³/mol. The van der Waals surface area contributed by atoms with Crippen LogP contribution in [0.4, 0.5) is 0 Å². The number of hydrogen-bond donors (Lipinski definition) is 1. The molecule has 0 fully saturated rings. The lowest BCUT2D eigenvalue weighted by Crippen LogP contribution is -2.22. The van der Waals surface area contributed by atoms with E-state index >= 15 is 0 Å². The van der Waals surface area contributed by atoms with Gasteiger partial charge in [-0.05, 0) is 18.2 Å². The summed E-state index contributed by atoms with van der Waals surface area (Å²) in [5, 5.41) is 9.15. The second kappa shape index (κ2) is 4.19. The molecule has 2 aliphatic rings. The van der Waals surface area contributed by atoms with Crippen molar-refractivity contribution in [3.8, 4) is 0 Å². The standard InChI is InChI=1S/C12H5ClO5/c13-7-4-9(16)10(12(18)11(7)17)6-3-5(14)1-2-8(6)15/h1-4,18H. The summed E-state index contributed by atoms with van der Waals surface area (Å²) >= 11 is 5.44. The van der Waals surface area contributed by atoms with E-state index in [1.807, 2.05) is 0 Å². The summed E-state index contributed by atoms with van der Waals surface area (Å²) < 4.78 is 0. The highest BCUT2D eigenvalue weighted by Crippen LogP contribution is 2.27. The number of carbonyl (C=O) groups is 4. The Morgan fingerprint density at radius 2 is 1.61 bits per heavy atom. The van der Waals surface area contributed by atoms with Crippen LogP contribution in [0, 0.1) is 0 Å². The first-order valence-electron chi connectivity index (χ1n) is 4.79. The second-order valence-corrected chi connectivity index (χ2v) is 3.97. The molecule has 0 spiro atoms. The molecule has 0 aliphatic heterocycles. The van der Waals surface area contributed by atoms with Crippen LogP contribution in [0.2, 0.25) is 0 Å². The number of aliphatic hydroxyl groups excluding tert-OH is 1. The Kier molecular flexibility index (Phi) is 2.84. The SMILES string of the molecule is O=C1C=CC(=O)C(C2=C(O)C(=O)C(Cl)=CC2=O)=C1. The lowest BCUT2D eigenvalue weighted by molar-refractivity contribution is -0.118. The van der Waals surface area contributed by atoms with Crippen molar-refractivity contribution in [2.45, 2.75) is 0 Å². The third-order valence-electron chi connectivity index (χ3n) is 2.39. The highest BCUT2D eigenvalue weighted by Gasteiger charge is 2.32. The van der Waals surface area contributed by atoms with Crippen LogP contribution in [0.3, 0.4) is 0 Å². The number of aliphatic hydroxyl groups is 1. The average Bonchev–Trinajstić information content (AvgIpc) is 2.31. The zero-order valence-electron chi connectivity index (χ0n) is 8.77. The van der Waals surface area contributed by atoms with Gasteiger partial charge in [-0.3, -0.25) is 19.2 Å². The predicted octanol–water partition coefficient (Wildman–Crippen LogP) is 0.707. The van der Waals surface area contributed by atoms with Crippen molar-refractivity contribution < 1.29 is 24.3 Å². The van der Waals surface area contributed by atoms with Crippen molar-refractivity contribution in [1.29, 1.82) is 0 Å². The van der Waals surface area contributed by atoms with Crippen molar-refractivity contribution in [1.82, 2.24) is 0 Å². The van der Waals surface area contributed by atoms with Gasteiger partial charge in [0.2, 0.25) is 5.78 Å². The Labute approximate surface area is 106 Å². The molecule has 90 valence electrons. The molecule has 5 nitrogen and oxygen atoms in total. The zero-order valence-corrected chi connectivity index (χ0v) is 9.52. The summed E-state index contributed by atoms with van der Waals surface area (Å²) in [5.74, 6) is -3.81. The fraction of sp³-hybridized carbons (Fsp3) is 0. The molecule has 0 aromatic carbocycles. The van der Waals surface area contributed by atoms with Gasteiger partial charge in [-0.1, -0.05) is 11.6 Å². The van der Waals surface area contributed by atoms with Crippen LogP contribution in [0.15, 0.2) is 46.2 Å². The van der Waals surface area contributed by atoms with Crippen LogP contribution in [0.25, 0.3) is 0 Å². The molecule has 0 aromatic rings. The molecule has 0 atom stereocenters.